The summed E-state index contributed by atoms with van der Waals surface area (Å²) in [5.74, 6) is 0.854. The van der Waals surface area contributed by atoms with Gasteiger partial charge in [-0.1, -0.05) is 0 Å². The highest BCUT2D eigenvalue weighted by Crippen LogP contribution is 2.36. The van der Waals surface area contributed by atoms with E-state index < -0.39 is 0 Å². The van der Waals surface area contributed by atoms with Crippen molar-refractivity contribution in [3.63, 3.8) is 0 Å². The van der Waals surface area contributed by atoms with Crippen LogP contribution in [0.25, 0.3) is 0 Å². The molecular formula is C19H18O6. The van der Waals surface area contributed by atoms with Crippen LogP contribution in [0.1, 0.15) is 33.6 Å². The molecule has 6 heteroatoms. The van der Waals surface area contributed by atoms with Crippen molar-refractivity contribution in [2.24, 2.45) is 0 Å². The molecular weight excluding hydrogens is 324 g/mol. The quantitative estimate of drug-likeness (QED) is 0.813. The van der Waals surface area contributed by atoms with Crippen molar-refractivity contribution in [2.75, 3.05) is 20.3 Å². The lowest BCUT2D eigenvalue weighted by atomic mass is 10.0. The molecule has 0 aromatic heterocycles. The Kier molecular flexibility index (Phi) is 4.88. The van der Waals surface area contributed by atoms with Crippen LogP contribution in [0.5, 0.6) is 23.0 Å². The number of Topliss-reactive ketones (excluding diaryl/α,β-unsaturated/α-hetero) is 2. The molecule has 1 aliphatic rings. The number of phenols is 1. The number of rotatable bonds is 6. The van der Waals surface area contributed by atoms with Crippen LogP contribution >= 0.6 is 0 Å². The summed E-state index contributed by atoms with van der Waals surface area (Å²) in [6, 6.07) is 9.54. The van der Waals surface area contributed by atoms with E-state index in [2.05, 4.69) is 0 Å². The van der Waals surface area contributed by atoms with Crippen molar-refractivity contribution in [3.8, 4) is 23.0 Å². The molecule has 0 amide bonds. The summed E-state index contributed by atoms with van der Waals surface area (Å²) in [5, 5.41) is 10.0. The zero-order valence-electron chi connectivity index (χ0n) is 13.8. The Morgan fingerprint density at radius 3 is 2.24 bits per heavy atom. The van der Waals surface area contributed by atoms with Crippen molar-refractivity contribution in [2.45, 2.75) is 12.8 Å². The van der Waals surface area contributed by atoms with E-state index >= 15 is 0 Å². The first-order valence-electron chi connectivity index (χ1n) is 7.91. The molecule has 25 heavy (non-hydrogen) atoms. The third-order valence-electron chi connectivity index (χ3n) is 3.95. The fourth-order valence-electron chi connectivity index (χ4n) is 2.58. The van der Waals surface area contributed by atoms with Crippen molar-refractivity contribution >= 4 is 11.6 Å². The van der Waals surface area contributed by atoms with E-state index in [1.165, 1.54) is 12.1 Å². The monoisotopic (exact) mass is 342 g/mol. The average molecular weight is 342 g/mol. The summed E-state index contributed by atoms with van der Waals surface area (Å²) in [6.07, 6.45) is 0.0527. The first kappa shape index (κ1) is 16.8. The van der Waals surface area contributed by atoms with E-state index in [9.17, 15) is 14.7 Å². The van der Waals surface area contributed by atoms with Crippen LogP contribution < -0.4 is 14.2 Å². The van der Waals surface area contributed by atoms with E-state index in [-0.39, 0.29) is 35.7 Å². The second-order valence-electron chi connectivity index (χ2n) is 5.59. The van der Waals surface area contributed by atoms with Crippen molar-refractivity contribution in [1.82, 2.24) is 0 Å². The van der Waals surface area contributed by atoms with Gasteiger partial charge in [0.05, 0.1) is 12.7 Å². The minimum atomic E-state index is -0.323. The normalized spacial score (nSPS) is 12.5. The number of carbonyl (C=O) groups is 2. The molecule has 0 atom stereocenters. The minimum absolute atomic E-state index is 0.00192. The van der Waals surface area contributed by atoms with Gasteiger partial charge in [-0.2, -0.15) is 0 Å². The number of ether oxygens (including phenoxy) is 3. The predicted molar refractivity (Wildman–Crippen MR) is 90.0 cm³/mol. The SMILES string of the molecule is COc1ccc(C(=O)CCC(=O)c2cc3c(cc2O)OCCO3)cc1. The maximum Gasteiger partial charge on any atom is 0.167 e. The van der Waals surface area contributed by atoms with Crippen LogP contribution in [0.15, 0.2) is 36.4 Å². The van der Waals surface area contributed by atoms with Gasteiger partial charge in [0.25, 0.3) is 0 Å². The van der Waals surface area contributed by atoms with Crippen molar-refractivity contribution in [1.29, 1.82) is 0 Å². The van der Waals surface area contributed by atoms with Gasteiger partial charge in [-0.3, -0.25) is 9.59 Å². The molecule has 0 unspecified atom stereocenters. The van der Waals surface area contributed by atoms with E-state index in [1.807, 2.05) is 0 Å². The number of benzene rings is 2. The highest BCUT2D eigenvalue weighted by Gasteiger charge is 2.20. The predicted octanol–water partition coefficient (Wildman–Crippen LogP) is 3.02. The molecule has 1 heterocycles. The Labute approximate surface area is 144 Å². The van der Waals surface area contributed by atoms with Crippen molar-refractivity contribution in [3.05, 3.63) is 47.5 Å². The van der Waals surface area contributed by atoms with Gasteiger partial charge in [-0.25, -0.2) is 0 Å². The molecule has 3 rings (SSSR count). The van der Waals surface area contributed by atoms with Crippen LogP contribution in [-0.2, 0) is 0 Å². The summed E-state index contributed by atoms with van der Waals surface area (Å²) in [7, 11) is 1.55. The molecule has 0 fully saturated rings. The first-order valence-corrected chi connectivity index (χ1v) is 7.91. The second-order valence-corrected chi connectivity index (χ2v) is 5.59. The second kappa shape index (κ2) is 7.25. The van der Waals surface area contributed by atoms with Crippen LogP contribution in [0.3, 0.4) is 0 Å². The molecule has 0 spiro atoms. The molecule has 2 aromatic rings. The zero-order valence-corrected chi connectivity index (χ0v) is 13.8. The molecule has 0 saturated heterocycles. The minimum Gasteiger partial charge on any atom is -0.507 e. The van der Waals surface area contributed by atoms with Gasteiger partial charge in [-0.15, -0.1) is 0 Å². The summed E-state index contributed by atoms with van der Waals surface area (Å²) in [4.78, 5) is 24.6. The molecule has 2 aromatic carbocycles. The van der Waals surface area contributed by atoms with Gasteiger partial charge in [0.2, 0.25) is 0 Å². The maximum absolute atomic E-state index is 12.4. The first-order chi connectivity index (χ1) is 12.1. The Morgan fingerprint density at radius 2 is 1.60 bits per heavy atom. The number of phenolic OH excluding ortho intramolecular Hbond substituents is 1. The number of ketones is 2. The highest BCUT2D eigenvalue weighted by molar-refractivity contribution is 6.03. The summed E-state index contributed by atoms with van der Waals surface area (Å²) in [5.41, 5.74) is 0.645. The van der Waals surface area contributed by atoms with Crippen LogP contribution in [0.4, 0.5) is 0 Å². The molecule has 0 saturated carbocycles. The van der Waals surface area contributed by atoms with Gasteiger partial charge in [-0.05, 0) is 30.3 Å². The van der Waals surface area contributed by atoms with Gasteiger partial charge in [0.1, 0.15) is 24.7 Å². The molecule has 1 aliphatic heterocycles. The number of carbonyl (C=O) groups excluding carboxylic acids is 2. The molecule has 1 N–H and O–H groups in total. The van der Waals surface area contributed by atoms with Gasteiger partial charge in [0.15, 0.2) is 23.1 Å². The molecule has 6 nitrogen and oxygen atoms in total. The van der Waals surface area contributed by atoms with Crippen molar-refractivity contribution < 1.29 is 28.9 Å². The molecule has 0 radical (unpaired) electrons. The number of aromatic hydroxyl groups is 1. The Balaban J connectivity index is 1.66. The number of fused-ring (bicyclic) bond motifs is 1. The average Bonchev–Trinajstić information content (AvgIpc) is 2.65. The summed E-state index contributed by atoms with van der Waals surface area (Å²) >= 11 is 0. The van der Waals surface area contributed by atoms with E-state index in [1.54, 1.807) is 31.4 Å². The van der Waals surface area contributed by atoms with Crippen LogP contribution in [-0.4, -0.2) is 37.0 Å². The van der Waals surface area contributed by atoms with Gasteiger partial charge < -0.3 is 19.3 Å². The topological polar surface area (TPSA) is 82.1 Å². The van der Waals surface area contributed by atoms with E-state index in [4.69, 9.17) is 14.2 Å². The van der Waals surface area contributed by atoms with Crippen LogP contribution in [0.2, 0.25) is 0 Å². The third kappa shape index (κ3) is 3.74. The Bertz CT molecular complexity index is 794. The standard InChI is InChI=1S/C19H18O6/c1-23-13-4-2-12(3-5-13)15(20)6-7-16(21)14-10-18-19(11-17(14)22)25-9-8-24-18/h2-5,10-11,22H,6-9H2,1H3. The largest absolute Gasteiger partial charge is 0.507 e. The van der Waals surface area contributed by atoms with E-state index in [0.717, 1.165) is 0 Å². The Hall–Kier alpha value is -3.02. The summed E-state index contributed by atoms with van der Waals surface area (Å²) < 4.78 is 15.8. The smallest absolute Gasteiger partial charge is 0.167 e. The van der Waals surface area contributed by atoms with Gasteiger partial charge >= 0.3 is 0 Å². The lowest BCUT2D eigenvalue weighted by molar-refractivity contribution is 0.0915. The highest BCUT2D eigenvalue weighted by atomic mass is 16.6. The maximum atomic E-state index is 12.4. The lowest BCUT2D eigenvalue weighted by Crippen LogP contribution is -2.16. The number of hydrogen-bond donors (Lipinski definition) is 1. The molecule has 130 valence electrons. The fraction of sp³-hybridized carbons (Fsp3) is 0.263. The molecule has 0 bridgehead atoms. The molecule has 0 aliphatic carbocycles. The number of hydrogen-bond acceptors (Lipinski definition) is 6. The van der Waals surface area contributed by atoms with Gasteiger partial charge in [0, 0.05) is 24.5 Å². The lowest BCUT2D eigenvalue weighted by Gasteiger charge is -2.19. The van der Waals surface area contributed by atoms with E-state index in [0.29, 0.717) is 36.0 Å². The van der Waals surface area contributed by atoms with Crippen LogP contribution in [0, 0.1) is 0 Å². The fourth-order valence-corrected chi connectivity index (χ4v) is 2.58. The zero-order chi connectivity index (χ0) is 17.8. The summed E-state index contributed by atoms with van der Waals surface area (Å²) in [6.45, 7) is 0.789. The Morgan fingerprint density at radius 1 is 1.00 bits per heavy atom. The number of methoxy groups -OCH3 is 1. The third-order valence-corrected chi connectivity index (χ3v) is 3.95.